The Balaban J connectivity index is 2.27. The molecular weight excluding hydrogens is 340 g/mol. The Kier molecular flexibility index (Phi) is 3.62. The number of fused-ring (bicyclic) bond motifs is 1. The molecule has 0 unspecified atom stereocenters. The van der Waals surface area contributed by atoms with Gasteiger partial charge >= 0.3 is 0 Å². The Morgan fingerprint density at radius 2 is 1.78 bits per heavy atom. The Morgan fingerprint density at radius 3 is 2.39 bits per heavy atom. The van der Waals surface area contributed by atoms with Gasteiger partial charge in [-0.2, -0.15) is 0 Å². The summed E-state index contributed by atoms with van der Waals surface area (Å²) in [4.78, 5) is 10.5. The number of nitro benzene ring substituents is 1. The Labute approximate surface area is 137 Å². The van der Waals surface area contributed by atoms with E-state index < -0.39 is 14.9 Å². The molecule has 0 fully saturated rings. The molecule has 0 saturated carbocycles. The van der Waals surface area contributed by atoms with E-state index in [4.69, 9.17) is 11.6 Å². The summed E-state index contributed by atoms with van der Waals surface area (Å²) in [5.74, 6) is 0. The number of rotatable bonds is 3. The smallest absolute Gasteiger partial charge is 0.258 e. The lowest BCUT2D eigenvalue weighted by molar-refractivity contribution is -0.384. The van der Waals surface area contributed by atoms with Gasteiger partial charge in [0, 0.05) is 23.7 Å². The summed E-state index contributed by atoms with van der Waals surface area (Å²) in [6.45, 7) is 1.85. The van der Waals surface area contributed by atoms with Gasteiger partial charge in [0.25, 0.3) is 15.7 Å². The van der Waals surface area contributed by atoms with Gasteiger partial charge in [0.1, 0.15) is 0 Å². The van der Waals surface area contributed by atoms with Crippen molar-refractivity contribution in [2.45, 2.75) is 11.8 Å². The molecule has 3 rings (SSSR count). The first-order valence-electron chi connectivity index (χ1n) is 6.58. The zero-order valence-electron chi connectivity index (χ0n) is 11.9. The highest BCUT2D eigenvalue weighted by molar-refractivity contribution is 7.90. The minimum absolute atomic E-state index is 0.100. The van der Waals surface area contributed by atoms with Gasteiger partial charge < -0.3 is 0 Å². The molecule has 6 nitrogen and oxygen atoms in total. The maximum Gasteiger partial charge on any atom is 0.273 e. The predicted octanol–water partition coefficient (Wildman–Crippen LogP) is 3.75. The number of aromatic nitrogens is 1. The van der Waals surface area contributed by atoms with Crippen LogP contribution >= 0.6 is 11.6 Å². The first-order valence-corrected chi connectivity index (χ1v) is 8.40. The van der Waals surface area contributed by atoms with Crippen molar-refractivity contribution in [1.29, 1.82) is 0 Å². The summed E-state index contributed by atoms with van der Waals surface area (Å²) in [5, 5.41) is 11.5. The van der Waals surface area contributed by atoms with Gasteiger partial charge in [0.2, 0.25) is 0 Å². The monoisotopic (exact) mass is 350 g/mol. The van der Waals surface area contributed by atoms with E-state index in [1.807, 2.05) is 6.92 Å². The summed E-state index contributed by atoms with van der Waals surface area (Å²) in [5.41, 5.74) is 0.839. The van der Waals surface area contributed by atoms with E-state index in [0.29, 0.717) is 5.39 Å². The van der Waals surface area contributed by atoms with Crippen molar-refractivity contribution in [2.75, 3.05) is 0 Å². The molecule has 118 valence electrons. The van der Waals surface area contributed by atoms with Crippen LogP contribution in [0.25, 0.3) is 10.9 Å². The molecule has 0 atom stereocenters. The van der Waals surface area contributed by atoms with Gasteiger partial charge in [-0.3, -0.25) is 10.1 Å². The fraction of sp³-hybridized carbons (Fsp3) is 0.0667. The Hall–Kier alpha value is -2.38. The SMILES string of the molecule is Cc1ccc(S(=O)(=O)n2ccc3c(Cl)cc([N+](=O)[O-])cc32)cc1. The number of benzene rings is 2. The van der Waals surface area contributed by atoms with Crippen molar-refractivity contribution >= 4 is 38.2 Å². The van der Waals surface area contributed by atoms with Gasteiger partial charge in [-0.25, -0.2) is 12.4 Å². The zero-order chi connectivity index (χ0) is 16.8. The molecule has 0 amide bonds. The van der Waals surface area contributed by atoms with Crippen LogP contribution in [-0.2, 0) is 10.0 Å². The molecule has 0 aliphatic rings. The van der Waals surface area contributed by atoms with Crippen molar-refractivity contribution in [2.24, 2.45) is 0 Å². The maximum atomic E-state index is 12.8. The molecule has 1 aromatic heterocycles. The fourth-order valence-electron chi connectivity index (χ4n) is 2.30. The number of hydrogen-bond acceptors (Lipinski definition) is 4. The number of hydrogen-bond donors (Lipinski definition) is 0. The van der Waals surface area contributed by atoms with Crippen molar-refractivity contribution < 1.29 is 13.3 Å². The third-order valence-corrected chi connectivity index (χ3v) is 5.51. The molecule has 2 aromatic carbocycles. The standard InChI is InChI=1S/C15H11ClN2O4S/c1-10-2-4-12(5-3-10)23(21,22)17-7-6-13-14(16)8-11(18(19)20)9-15(13)17/h2-9H,1H3. The number of aryl methyl sites for hydroxylation is 1. The minimum atomic E-state index is -3.86. The van der Waals surface area contributed by atoms with E-state index in [9.17, 15) is 18.5 Å². The average Bonchev–Trinajstić information content (AvgIpc) is 2.92. The third-order valence-electron chi connectivity index (χ3n) is 3.50. The lowest BCUT2D eigenvalue weighted by Gasteiger charge is -2.08. The summed E-state index contributed by atoms with van der Waals surface area (Å²) < 4.78 is 26.5. The average molecular weight is 351 g/mol. The first kappa shape index (κ1) is 15.5. The van der Waals surface area contributed by atoms with E-state index in [1.54, 1.807) is 12.1 Å². The molecule has 0 radical (unpaired) electrons. The van der Waals surface area contributed by atoms with Gasteiger partial charge in [-0.15, -0.1) is 0 Å². The van der Waals surface area contributed by atoms with E-state index in [-0.39, 0.29) is 21.1 Å². The molecule has 0 aliphatic heterocycles. The molecule has 3 aromatic rings. The molecule has 23 heavy (non-hydrogen) atoms. The maximum absolute atomic E-state index is 12.8. The molecule has 0 bridgehead atoms. The summed E-state index contributed by atoms with van der Waals surface area (Å²) in [7, 11) is -3.86. The fourth-order valence-corrected chi connectivity index (χ4v) is 3.91. The normalized spacial score (nSPS) is 11.7. The Bertz CT molecular complexity index is 1020. The van der Waals surface area contributed by atoms with Crippen LogP contribution in [0.3, 0.4) is 0 Å². The molecule has 0 saturated heterocycles. The summed E-state index contributed by atoms with van der Waals surface area (Å²) in [6, 6.07) is 10.3. The molecular formula is C15H11ClN2O4S. The van der Waals surface area contributed by atoms with E-state index in [2.05, 4.69) is 0 Å². The van der Waals surface area contributed by atoms with Crippen LogP contribution in [0.4, 0.5) is 5.69 Å². The highest BCUT2D eigenvalue weighted by Gasteiger charge is 2.21. The minimum Gasteiger partial charge on any atom is -0.258 e. The summed E-state index contributed by atoms with van der Waals surface area (Å²) >= 11 is 6.02. The number of nitro groups is 1. The predicted molar refractivity (Wildman–Crippen MR) is 87.4 cm³/mol. The van der Waals surface area contributed by atoms with E-state index in [1.165, 1.54) is 36.5 Å². The molecule has 0 spiro atoms. The van der Waals surface area contributed by atoms with Crippen LogP contribution in [0.1, 0.15) is 5.56 Å². The first-order chi connectivity index (χ1) is 10.8. The van der Waals surface area contributed by atoms with Crippen LogP contribution in [-0.4, -0.2) is 17.3 Å². The van der Waals surface area contributed by atoms with Crippen LogP contribution in [0.5, 0.6) is 0 Å². The molecule has 0 aliphatic carbocycles. The van der Waals surface area contributed by atoms with Crippen molar-refractivity contribution in [1.82, 2.24) is 3.97 Å². The van der Waals surface area contributed by atoms with Crippen LogP contribution < -0.4 is 0 Å². The topological polar surface area (TPSA) is 82.2 Å². The van der Waals surface area contributed by atoms with Gasteiger partial charge in [-0.1, -0.05) is 29.3 Å². The van der Waals surface area contributed by atoms with Crippen molar-refractivity contribution in [3.63, 3.8) is 0 Å². The quantitative estimate of drug-likeness (QED) is 0.532. The molecule has 0 N–H and O–H groups in total. The lowest BCUT2D eigenvalue weighted by atomic mass is 10.2. The number of non-ortho nitro benzene ring substituents is 1. The van der Waals surface area contributed by atoms with Crippen LogP contribution in [0.2, 0.25) is 5.02 Å². The van der Waals surface area contributed by atoms with Gasteiger partial charge in [0.15, 0.2) is 0 Å². The number of nitrogens with zero attached hydrogens (tertiary/aromatic N) is 2. The third kappa shape index (κ3) is 2.58. The van der Waals surface area contributed by atoms with Gasteiger partial charge in [-0.05, 0) is 25.1 Å². The lowest BCUT2D eigenvalue weighted by Crippen LogP contribution is -2.11. The number of halogens is 1. The molecule has 1 heterocycles. The van der Waals surface area contributed by atoms with Crippen LogP contribution in [0, 0.1) is 17.0 Å². The largest absolute Gasteiger partial charge is 0.273 e. The Morgan fingerprint density at radius 1 is 1.13 bits per heavy atom. The molecule has 8 heteroatoms. The van der Waals surface area contributed by atoms with Crippen LogP contribution in [0.15, 0.2) is 53.6 Å². The highest BCUT2D eigenvalue weighted by atomic mass is 35.5. The van der Waals surface area contributed by atoms with Crippen molar-refractivity contribution in [3.05, 3.63) is 69.4 Å². The second kappa shape index (κ2) is 5.36. The van der Waals surface area contributed by atoms with Gasteiger partial charge in [0.05, 0.1) is 20.4 Å². The summed E-state index contributed by atoms with van der Waals surface area (Å²) in [6.07, 6.45) is 1.34. The zero-order valence-corrected chi connectivity index (χ0v) is 13.5. The highest BCUT2D eigenvalue weighted by Crippen LogP contribution is 2.31. The second-order valence-corrected chi connectivity index (χ2v) is 7.27. The second-order valence-electron chi connectivity index (χ2n) is 5.05. The van der Waals surface area contributed by atoms with Crippen molar-refractivity contribution in [3.8, 4) is 0 Å². The van der Waals surface area contributed by atoms with E-state index >= 15 is 0 Å². The van der Waals surface area contributed by atoms with E-state index in [0.717, 1.165) is 9.54 Å².